The molecule has 0 aliphatic heterocycles. The molecule has 0 saturated carbocycles. The van der Waals surface area contributed by atoms with Gasteiger partial charge in [0.15, 0.2) is 10.9 Å². The molecule has 0 aliphatic carbocycles. The van der Waals surface area contributed by atoms with Crippen LogP contribution in [-0.4, -0.2) is 35.3 Å². The highest BCUT2D eigenvalue weighted by atomic mass is 32.2. The first-order valence-electron chi connectivity index (χ1n) is 10.3. The highest BCUT2D eigenvalue weighted by Gasteiger charge is 2.21. The van der Waals surface area contributed by atoms with E-state index in [9.17, 15) is 18.0 Å². The Labute approximate surface area is 192 Å². The van der Waals surface area contributed by atoms with Crippen LogP contribution in [0, 0.1) is 5.92 Å². The number of ketones is 1. The van der Waals surface area contributed by atoms with Crippen LogP contribution in [-0.2, 0) is 16.6 Å². The largest absolute Gasteiger partial charge is 0.293 e. The van der Waals surface area contributed by atoms with Gasteiger partial charge < -0.3 is 0 Å². The Morgan fingerprint density at radius 1 is 1.09 bits per heavy atom. The van der Waals surface area contributed by atoms with Crippen LogP contribution in [0.15, 0.2) is 58.5 Å². The molecule has 0 bridgehead atoms. The number of hydrogen-bond donors (Lipinski definition) is 1. The second kappa shape index (κ2) is 9.87. The molecule has 7 nitrogen and oxygen atoms in total. The van der Waals surface area contributed by atoms with E-state index in [1.165, 1.54) is 11.8 Å². The molecule has 1 N–H and O–H groups in total. The summed E-state index contributed by atoms with van der Waals surface area (Å²) >= 11 is 1.26. The van der Waals surface area contributed by atoms with Gasteiger partial charge in [-0.3, -0.25) is 18.9 Å². The number of nitrogens with one attached hydrogen (secondary N) is 1. The summed E-state index contributed by atoms with van der Waals surface area (Å²) in [6.07, 6.45) is 1.89. The number of nitrogens with zero attached hydrogens (tertiary/aromatic N) is 2. The summed E-state index contributed by atoms with van der Waals surface area (Å²) in [7, 11) is -3.39. The van der Waals surface area contributed by atoms with E-state index in [1.807, 2.05) is 12.1 Å². The molecule has 2 aromatic carbocycles. The van der Waals surface area contributed by atoms with Crippen molar-refractivity contribution < 1.29 is 13.2 Å². The second-order valence-electron chi connectivity index (χ2n) is 8.13. The molecule has 3 aromatic rings. The Morgan fingerprint density at radius 3 is 2.38 bits per heavy atom. The summed E-state index contributed by atoms with van der Waals surface area (Å²) in [5.74, 6) is 0.294. The van der Waals surface area contributed by atoms with Crippen LogP contribution in [0.3, 0.4) is 0 Å². The molecule has 0 amide bonds. The van der Waals surface area contributed by atoms with Gasteiger partial charge >= 0.3 is 0 Å². The Kier molecular flexibility index (Phi) is 7.40. The third kappa shape index (κ3) is 5.98. The van der Waals surface area contributed by atoms with Gasteiger partial charge in [-0.2, -0.15) is 0 Å². The Bertz CT molecular complexity index is 1280. The van der Waals surface area contributed by atoms with E-state index in [4.69, 9.17) is 0 Å². The molecule has 170 valence electrons. The summed E-state index contributed by atoms with van der Waals surface area (Å²) in [6, 6.07) is 13.5. The van der Waals surface area contributed by atoms with Crippen LogP contribution >= 0.6 is 11.8 Å². The fourth-order valence-electron chi connectivity index (χ4n) is 3.19. The molecule has 0 fully saturated rings. The van der Waals surface area contributed by atoms with Gasteiger partial charge in [-0.05, 0) is 55.7 Å². The quantitative estimate of drug-likeness (QED) is 0.284. The highest BCUT2D eigenvalue weighted by Crippen LogP contribution is 2.26. The predicted octanol–water partition coefficient (Wildman–Crippen LogP) is 4.18. The van der Waals surface area contributed by atoms with Gasteiger partial charge in [0.2, 0.25) is 10.0 Å². The number of benzene rings is 2. The molecule has 0 radical (unpaired) electrons. The first kappa shape index (κ1) is 24.0. The number of sulfonamides is 1. The van der Waals surface area contributed by atoms with Crippen LogP contribution in [0.5, 0.6) is 0 Å². The van der Waals surface area contributed by atoms with Gasteiger partial charge in [0, 0.05) is 17.8 Å². The Balaban J connectivity index is 1.88. The van der Waals surface area contributed by atoms with Crippen LogP contribution < -0.4 is 10.3 Å². The van der Waals surface area contributed by atoms with Gasteiger partial charge in [0.1, 0.15) is 0 Å². The normalized spacial score (nSPS) is 12.8. The molecule has 9 heteroatoms. The predicted molar refractivity (Wildman–Crippen MR) is 130 cm³/mol. The van der Waals surface area contributed by atoms with E-state index in [0.29, 0.717) is 39.8 Å². The van der Waals surface area contributed by atoms with E-state index in [-0.39, 0.29) is 11.3 Å². The number of thioether (sulfide) groups is 1. The molecule has 1 atom stereocenters. The van der Waals surface area contributed by atoms with Crippen molar-refractivity contribution in [3.63, 3.8) is 0 Å². The van der Waals surface area contributed by atoms with Gasteiger partial charge in [0.25, 0.3) is 5.56 Å². The molecule has 32 heavy (non-hydrogen) atoms. The highest BCUT2D eigenvalue weighted by molar-refractivity contribution is 8.00. The third-order valence-electron chi connectivity index (χ3n) is 4.88. The maximum Gasteiger partial charge on any atom is 0.262 e. The molecule has 3 rings (SSSR count). The maximum atomic E-state index is 13.1. The molecule has 0 spiro atoms. The second-order valence-corrected chi connectivity index (χ2v) is 11.2. The van der Waals surface area contributed by atoms with Gasteiger partial charge in [-0.25, -0.2) is 13.4 Å². The van der Waals surface area contributed by atoms with Crippen molar-refractivity contribution in [2.24, 2.45) is 5.92 Å². The number of anilines is 1. The lowest BCUT2D eigenvalue weighted by atomic mass is 10.1. The minimum Gasteiger partial charge on any atom is -0.293 e. The summed E-state index contributed by atoms with van der Waals surface area (Å²) in [4.78, 5) is 30.8. The summed E-state index contributed by atoms with van der Waals surface area (Å²) in [6.45, 7) is 6.51. The van der Waals surface area contributed by atoms with Gasteiger partial charge in [-0.1, -0.05) is 37.7 Å². The zero-order valence-corrected chi connectivity index (χ0v) is 20.2. The third-order valence-corrected chi connectivity index (χ3v) is 6.58. The van der Waals surface area contributed by atoms with Gasteiger partial charge in [-0.15, -0.1) is 0 Å². The monoisotopic (exact) mass is 473 g/mol. The van der Waals surface area contributed by atoms with Crippen LogP contribution in [0.25, 0.3) is 10.9 Å². The smallest absolute Gasteiger partial charge is 0.262 e. The molecule has 0 saturated heterocycles. The maximum absolute atomic E-state index is 13.1. The van der Waals surface area contributed by atoms with Gasteiger partial charge in [0.05, 0.1) is 22.4 Å². The lowest BCUT2D eigenvalue weighted by molar-refractivity contribution is 0.0994. The van der Waals surface area contributed by atoms with Crippen LogP contribution in [0.4, 0.5) is 5.69 Å². The standard InChI is InChI=1S/C23H27N3O4S2/c1-15(2)13-14-26-22(28)19-7-5-6-8-20(19)24-23(26)31-16(3)21(27)17-9-11-18(12-10-17)25-32(4,29)30/h5-12,15-16,25H,13-14H2,1-4H3. The van der Waals surface area contributed by atoms with E-state index in [0.717, 1.165) is 12.7 Å². The molecule has 1 aromatic heterocycles. The van der Waals surface area contributed by atoms with E-state index in [1.54, 1.807) is 47.9 Å². The lowest BCUT2D eigenvalue weighted by Gasteiger charge is -2.17. The number of aromatic nitrogens is 2. The minimum absolute atomic E-state index is 0.102. The number of para-hydroxylation sites is 1. The average molecular weight is 474 g/mol. The number of carbonyl (C=O) groups excluding carboxylic acids is 1. The molecule has 1 unspecified atom stereocenters. The summed E-state index contributed by atoms with van der Waals surface area (Å²) in [5.41, 5.74) is 1.36. The SMILES string of the molecule is CC(C)CCn1c(SC(C)C(=O)c2ccc(NS(C)(=O)=O)cc2)nc2ccccc2c1=O. The Morgan fingerprint density at radius 2 is 1.75 bits per heavy atom. The summed E-state index contributed by atoms with van der Waals surface area (Å²) < 4.78 is 26.8. The van der Waals surface area contributed by atoms with Crippen molar-refractivity contribution in [1.82, 2.24) is 9.55 Å². The van der Waals surface area contributed by atoms with Crippen molar-refractivity contribution in [2.75, 3.05) is 11.0 Å². The number of Topliss-reactive ketones (excluding diaryl/α,β-unsaturated/α-hetero) is 1. The van der Waals surface area contributed by atoms with Crippen molar-refractivity contribution in [3.05, 3.63) is 64.4 Å². The molecule has 0 aliphatic rings. The fourth-order valence-corrected chi connectivity index (χ4v) is 4.76. The van der Waals surface area contributed by atoms with Crippen LogP contribution in [0.2, 0.25) is 0 Å². The molecule has 1 heterocycles. The number of hydrogen-bond acceptors (Lipinski definition) is 6. The first-order chi connectivity index (χ1) is 15.0. The zero-order valence-electron chi connectivity index (χ0n) is 18.5. The van der Waals surface area contributed by atoms with Crippen molar-refractivity contribution in [2.45, 2.75) is 44.1 Å². The minimum atomic E-state index is -3.39. The average Bonchev–Trinajstić information content (AvgIpc) is 2.72. The number of rotatable bonds is 9. The van der Waals surface area contributed by atoms with Crippen LogP contribution in [0.1, 0.15) is 37.6 Å². The summed E-state index contributed by atoms with van der Waals surface area (Å²) in [5, 5.41) is 0.598. The van der Waals surface area contributed by atoms with E-state index < -0.39 is 15.3 Å². The Hall–Kier alpha value is -2.65. The van der Waals surface area contributed by atoms with E-state index in [2.05, 4.69) is 23.6 Å². The van der Waals surface area contributed by atoms with Crippen molar-refractivity contribution >= 4 is 44.2 Å². The number of carbonyl (C=O) groups is 1. The topological polar surface area (TPSA) is 98.1 Å². The number of fused-ring (bicyclic) bond motifs is 1. The fraction of sp³-hybridized carbons (Fsp3) is 0.348. The molecular formula is C23H27N3O4S2. The lowest BCUT2D eigenvalue weighted by Crippen LogP contribution is -2.25. The molecular weight excluding hydrogens is 446 g/mol. The van der Waals surface area contributed by atoms with E-state index >= 15 is 0 Å². The zero-order chi connectivity index (χ0) is 23.5. The van der Waals surface area contributed by atoms with Crippen molar-refractivity contribution in [1.29, 1.82) is 0 Å². The first-order valence-corrected chi connectivity index (χ1v) is 13.1. The van der Waals surface area contributed by atoms with Crippen molar-refractivity contribution in [3.8, 4) is 0 Å².